The Balaban J connectivity index is 2.08. The van der Waals surface area contributed by atoms with Crippen molar-refractivity contribution in [3.63, 3.8) is 0 Å². The molecule has 1 atom stereocenters. The van der Waals surface area contributed by atoms with Crippen LogP contribution < -0.4 is 5.32 Å². The van der Waals surface area contributed by atoms with Gasteiger partial charge in [0.05, 0.1) is 11.7 Å². The molecule has 0 spiro atoms. The Labute approximate surface area is 119 Å². The fourth-order valence-corrected chi connectivity index (χ4v) is 1.89. The van der Waals surface area contributed by atoms with Crippen molar-refractivity contribution in [1.29, 1.82) is 0 Å². The molecule has 0 radical (unpaired) electrons. The normalized spacial score (nSPS) is 13.0. The van der Waals surface area contributed by atoms with Gasteiger partial charge in [-0.05, 0) is 29.8 Å². The Hall–Kier alpha value is -2.08. The molecule has 2 aromatic rings. The molecule has 0 amide bonds. The molecule has 0 aliphatic heterocycles. The SMILES string of the molecule is OC(CNc1ccccc1C(F)(F)F)c1ccc(F)cc1. The van der Waals surface area contributed by atoms with Gasteiger partial charge in [-0.2, -0.15) is 13.2 Å². The molecule has 0 fully saturated rings. The lowest BCUT2D eigenvalue weighted by atomic mass is 10.1. The van der Waals surface area contributed by atoms with E-state index in [4.69, 9.17) is 0 Å². The van der Waals surface area contributed by atoms with E-state index in [1.807, 2.05) is 0 Å². The highest BCUT2D eigenvalue weighted by atomic mass is 19.4. The van der Waals surface area contributed by atoms with Crippen LogP contribution in [0.4, 0.5) is 23.2 Å². The molecule has 21 heavy (non-hydrogen) atoms. The fourth-order valence-electron chi connectivity index (χ4n) is 1.89. The van der Waals surface area contributed by atoms with Gasteiger partial charge >= 0.3 is 6.18 Å². The van der Waals surface area contributed by atoms with E-state index in [9.17, 15) is 22.7 Å². The van der Waals surface area contributed by atoms with Gasteiger partial charge in [-0.15, -0.1) is 0 Å². The molecule has 0 bridgehead atoms. The van der Waals surface area contributed by atoms with Gasteiger partial charge in [0.25, 0.3) is 0 Å². The number of alkyl halides is 3. The second-order valence-electron chi connectivity index (χ2n) is 4.49. The van der Waals surface area contributed by atoms with Gasteiger partial charge in [-0.25, -0.2) is 4.39 Å². The van der Waals surface area contributed by atoms with Gasteiger partial charge in [-0.1, -0.05) is 24.3 Å². The van der Waals surface area contributed by atoms with Crippen molar-refractivity contribution in [1.82, 2.24) is 0 Å². The Bertz CT molecular complexity index is 595. The Kier molecular flexibility index (Phi) is 4.47. The summed E-state index contributed by atoms with van der Waals surface area (Å²) < 4.78 is 51.2. The lowest BCUT2D eigenvalue weighted by Gasteiger charge is -2.17. The molecular weight excluding hydrogens is 286 g/mol. The van der Waals surface area contributed by atoms with Gasteiger partial charge in [0.1, 0.15) is 5.82 Å². The van der Waals surface area contributed by atoms with Crippen molar-refractivity contribution in [3.05, 3.63) is 65.5 Å². The van der Waals surface area contributed by atoms with E-state index in [0.29, 0.717) is 5.56 Å². The summed E-state index contributed by atoms with van der Waals surface area (Å²) in [6.07, 6.45) is -5.50. The molecule has 6 heteroatoms. The molecule has 0 aliphatic rings. The monoisotopic (exact) mass is 299 g/mol. The summed E-state index contributed by atoms with van der Waals surface area (Å²) in [5, 5.41) is 12.5. The molecule has 0 heterocycles. The molecule has 2 nitrogen and oxygen atoms in total. The maximum Gasteiger partial charge on any atom is 0.418 e. The summed E-state index contributed by atoms with van der Waals surface area (Å²) in [5.41, 5.74) is -0.476. The molecular formula is C15H13F4NO. The predicted molar refractivity (Wildman–Crippen MR) is 71.3 cm³/mol. The van der Waals surface area contributed by atoms with Crippen molar-refractivity contribution in [2.75, 3.05) is 11.9 Å². The third-order valence-corrected chi connectivity index (χ3v) is 2.97. The molecule has 0 saturated heterocycles. The van der Waals surface area contributed by atoms with Crippen LogP contribution in [0.15, 0.2) is 48.5 Å². The third kappa shape index (κ3) is 3.95. The number of halogens is 4. The van der Waals surface area contributed by atoms with E-state index in [1.54, 1.807) is 0 Å². The highest BCUT2D eigenvalue weighted by Crippen LogP contribution is 2.34. The number of aliphatic hydroxyl groups is 1. The zero-order valence-electron chi connectivity index (χ0n) is 10.9. The lowest BCUT2D eigenvalue weighted by Crippen LogP contribution is -2.16. The number of rotatable bonds is 4. The average molecular weight is 299 g/mol. The van der Waals surface area contributed by atoms with Gasteiger partial charge in [0, 0.05) is 12.2 Å². The Morgan fingerprint density at radius 2 is 1.62 bits per heavy atom. The summed E-state index contributed by atoms with van der Waals surface area (Å²) in [7, 11) is 0. The number of hydrogen-bond donors (Lipinski definition) is 2. The quantitative estimate of drug-likeness (QED) is 0.837. The maximum atomic E-state index is 12.8. The number of nitrogens with one attached hydrogen (secondary N) is 1. The maximum absolute atomic E-state index is 12.8. The molecule has 2 rings (SSSR count). The van der Waals surface area contributed by atoms with Crippen LogP contribution >= 0.6 is 0 Å². The van der Waals surface area contributed by atoms with Crippen molar-refractivity contribution in [3.8, 4) is 0 Å². The molecule has 1 unspecified atom stereocenters. The van der Waals surface area contributed by atoms with Gasteiger partial charge in [-0.3, -0.25) is 0 Å². The van der Waals surface area contributed by atoms with Crippen LogP contribution in [-0.2, 0) is 6.18 Å². The summed E-state index contributed by atoms with van der Waals surface area (Å²) in [5.74, 6) is -0.443. The number of anilines is 1. The Morgan fingerprint density at radius 1 is 1.00 bits per heavy atom. The fraction of sp³-hybridized carbons (Fsp3) is 0.200. The number of hydrogen-bond acceptors (Lipinski definition) is 2. The third-order valence-electron chi connectivity index (χ3n) is 2.97. The highest BCUT2D eigenvalue weighted by molar-refractivity contribution is 5.52. The van der Waals surface area contributed by atoms with Crippen LogP contribution in [0.5, 0.6) is 0 Å². The van der Waals surface area contributed by atoms with Gasteiger partial charge < -0.3 is 10.4 Å². The van der Waals surface area contributed by atoms with E-state index in [1.165, 1.54) is 42.5 Å². The molecule has 112 valence electrons. The number of para-hydroxylation sites is 1. The second kappa shape index (κ2) is 6.13. The minimum Gasteiger partial charge on any atom is -0.387 e. The highest BCUT2D eigenvalue weighted by Gasteiger charge is 2.33. The van der Waals surface area contributed by atoms with Crippen LogP contribution in [0.25, 0.3) is 0 Å². The standard InChI is InChI=1S/C15H13F4NO/c16-11-7-5-10(6-8-11)14(21)9-20-13-4-2-1-3-12(13)15(17,18)19/h1-8,14,20-21H,9H2. The largest absolute Gasteiger partial charge is 0.418 e. The smallest absolute Gasteiger partial charge is 0.387 e. The zero-order valence-corrected chi connectivity index (χ0v) is 10.9. The number of aliphatic hydroxyl groups excluding tert-OH is 1. The van der Waals surface area contributed by atoms with Crippen LogP contribution in [0.2, 0.25) is 0 Å². The first-order valence-electron chi connectivity index (χ1n) is 6.21. The molecule has 0 aromatic heterocycles. The van der Waals surface area contributed by atoms with E-state index in [2.05, 4.69) is 5.32 Å². The van der Waals surface area contributed by atoms with Crippen molar-refractivity contribution >= 4 is 5.69 Å². The summed E-state index contributed by atoms with van der Waals surface area (Å²) in [6, 6.07) is 10.2. The lowest BCUT2D eigenvalue weighted by molar-refractivity contribution is -0.137. The number of benzene rings is 2. The second-order valence-corrected chi connectivity index (χ2v) is 4.49. The molecule has 2 N–H and O–H groups in total. The minimum absolute atomic E-state index is 0.105. The molecule has 2 aromatic carbocycles. The summed E-state index contributed by atoms with van der Waals surface area (Å²) in [6.45, 7) is -0.112. The predicted octanol–water partition coefficient (Wildman–Crippen LogP) is 3.99. The first-order chi connectivity index (χ1) is 9.88. The topological polar surface area (TPSA) is 32.3 Å². The van der Waals surface area contributed by atoms with E-state index in [-0.39, 0.29) is 12.2 Å². The van der Waals surface area contributed by atoms with Crippen molar-refractivity contribution < 1.29 is 22.7 Å². The first-order valence-corrected chi connectivity index (χ1v) is 6.21. The van der Waals surface area contributed by atoms with Crippen molar-refractivity contribution in [2.45, 2.75) is 12.3 Å². The Morgan fingerprint density at radius 3 is 2.24 bits per heavy atom. The first kappa shape index (κ1) is 15.3. The van der Waals surface area contributed by atoms with E-state index in [0.717, 1.165) is 6.07 Å². The van der Waals surface area contributed by atoms with Crippen LogP contribution in [-0.4, -0.2) is 11.7 Å². The average Bonchev–Trinajstić information content (AvgIpc) is 2.45. The van der Waals surface area contributed by atoms with Crippen LogP contribution in [0.3, 0.4) is 0 Å². The molecule has 0 aliphatic carbocycles. The zero-order chi connectivity index (χ0) is 15.5. The van der Waals surface area contributed by atoms with Gasteiger partial charge in [0.15, 0.2) is 0 Å². The summed E-state index contributed by atoms with van der Waals surface area (Å²) >= 11 is 0. The summed E-state index contributed by atoms with van der Waals surface area (Å²) in [4.78, 5) is 0. The molecule has 0 saturated carbocycles. The minimum atomic E-state index is -4.47. The van der Waals surface area contributed by atoms with Crippen LogP contribution in [0.1, 0.15) is 17.2 Å². The van der Waals surface area contributed by atoms with Crippen LogP contribution in [0, 0.1) is 5.82 Å². The van der Waals surface area contributed by atoms with E-state index < -0.39 is 23.7 Å². The van der Waals surface area contributed by atoms with Crippen molar-refractivity contribution in [2.24, 2.45) is 0 Å². The van der Waals surface area contributed by atoms with E-state index >= 15 is 0 Å². The van der Waals surface area contributed by atoms with Gasteiger partial charge in [0.2, 0.25) is 0 Å².